The lowest BCUT2D eigenvalue weighted by Crippen LogP contribution is -2.23. The summed E-state index contributed by atoms with van der Waals surface area (Å²) in [5.74, 6) is 0.0123. The van der Waals surface area contributed by atoms with E-state index in [0.717, 1.165) is 27.4 Å². The number of nitrogens with one attached hydrogen (secondary N) is 1. The van der Waals surface area contributed by atoms with Gasteiger partial charge in [-0.05, 0) is 41.6 Å². The van der Waals surface area contributed by atoms with Gasteiger partial charge in [-0.2, -0.15) is 4.99 Å². The summed E-state index contributed by atoms with van der Waals surface area (Å²) in [6.45, 7) is 1.80. The molecule has 1 heterocycles. The van der Waals surface area contributed by atoms with Gasteiger partial charge in [0.1, 0.15) is 12.4 Å². The Bertz CT molecular complexity index is 910. The van der Waals surface area contributed by atoms with E-state index in [1.165, 1.54) is 6.92 Å². The molecule has 0 saturated carbocycles. The standard InChI is InChI=1S/C19H15BrN2O3S/c1-12(23)21-19-22-18(24)17(26-19)10-14-9-15(20)7-8-16(14)25-11-13-5-3-2-4-6-13/h2-10H,11H2,1H3,(H,21,22,23,24)/b17-10-. The number of carbonyl (C=O) groups is 2. The van der Waals surface area contributed by atoms with Gasteiger partial charge in [0.15, 0.2) is 5.17 Å². The molecule has 132 valence electrons. The molecule has 1 N–H and O–H groups in total. The number of hydrogen-bond acceptors (Lipinski definition) is 4. The lowest BCUT2D eigenvalue weighted by Gasteiger charge is -2.10. The van der Waals surface area contributed by atoms with E-state index in [1.54, 1.807) is 6.08 Å². The molecule has 1 aliphatic rings. The molecule has 2 amide bonds. The van der Waals surface area contributed by atoms with Crippen LogP contribution in [0.1, 0.15) is 18.1 Å². The fourth-order valence-corrected chi connectivity index (χ4v) is 3.48. The van der Waals surface area contributed by atoms with Crippen molar-refractivity contribution in [3.05, 3.63) is 69.0 Å². The molecule has 0 fully saturated rings. The first-order chi connectivity index (χ1) is 12.5. The first-order valence-corrected chi connectivity index (χ1v) is 9.38. The summed E-state index contributed by atoms with van der Waals surface area (Å²) in [5, 5.41) is 2.82. The quantitative estimate of drug-likeness (QED) is 0.740. The minimum atomic E-state index is -0.382. The van der Waals surface area contributed by atoms with Crippen LogP contribution in [-0.2, 0) is 16.2 Å². The summed E-state index contributed by atoms with van der Waals surface area (Å²) in [4.78, 5) is 27.5. The smallest absolute Gasteiger partial charge is 0.286 e. The minimum Gasteiger partial charge on any atom is -0.488 e. The van der Waals surface area contributed by atoms with Crippen molar-refractivity contribution in [1.82, 2.24) is 5.32 Å². The van der Waals surface area contributed by atoms with Crippen molar-refractivity contribution in [2.75, 3.05) is 0 Å². The number of hydrogen-bond donors (Lipinski definition) is 1. The molecule has 26 heavy (non-hydrogen) atoms. The van der Waals surface area contributed by atoms with Gasteiger partial charge in [0, 0.05) is 17.0 Å². The molecule has 0 bridgehead atoms. The van der Waals surface area contributed by atoms with Crippen molar-refractivity contribution >= 4 is 50.7 Å². The van der Waals surface area contributed by atoms with E-state index in [1.807, 2.05) is 48.5 Å². The van der Waals surface area contributed by atoms with Gasteiger partial charge in [-0.15, -0.1) is 0 Å². The van der Waals surface area contributed by atoms with Crippen molar-refractivity contribution in [3.63, 3.8) is 0 Å². The highest BCUT2D eigenvalue weighted by molar-refractivity contribution is 9.10. The zero-order valence-corrected chi connectivity index (χ0v) is 16.3. The van der Waals surface area contributed by atoms with Crippen molar-refractivity contribution in [1.29, 1.82) is 0 Å². The fourth-order valence-electron chi connectivity index (χ4n) is 2.25. The number of amidine groups is 1. The Balaban J connectivity index is 1.80. The maximum absolute atomic E-state index is 12.1. The molecule has 2 aromatic carbocycles. The summed E-state index contributed by atoms with van der Waals surface area (Å²) in [7, 11) is 0. The third-order valence-electron chi connectivity index (χ3n) is 3.40. The van der Waals surface area contributed by atoms with Crippen LogP contribution in [0.4, 0.5) is 0 Å². The largest absolute Gasteiger partial charge is 0.488 e. The number of halogens is 1. The molecular weight excluding hydrogens is 416 g/mol. The number of amides is 2. The summed E-state index contributed by atoms with van der Waals surface area (Å²) < 4.78 is 6.79. The average molecular weight is 431 g/mol. The molecule has 0 unspecified atom stereocenters. The number of rotatable bonds is 4. The first kappa shape index (κ1) is 18.4. The van der Waals surface area contributed by atoms with Crippen molar-refractivity contribution in [3.8, 4) is 5.75 Å². The number of nitrogens with zero attached hydrogens (tertiary/aromatic N) is 1. The van der Waals surface area contributed by atoms with Crippen molar-refractivity contribution in [2.45, 2.75) is 13.5 Å². The van der Waals surface area contributed by atoms with Crippen molar-refractivity contribution < 1.29 is 14.3 Å². The Kier molecular flexibility index (Phi) is 5.90. The Hall–Kier alpha value is -2.38. The Labute approximate surface area is 163 Å². The van der Waals surface area contributed by atoms with Crippen LogP contribution in [0.15, 0.2) is 62.9 Å². The van der Waals surface area contributed by atoms with Gasteiger partial charge in [-0.3, -0.25) is 9.59 Å². The molecule has 0 aromatic heterocycles. The van der Waals surface area contributed by atoms with Crippen LogP contribution in [-0.4, -0.2) is 17.0 Å². The van der Waals surface area contributed by atoms with Crippen LogP contribution in [0.2, 0.25) is 0 Å². The summed E-state index contributed by atoms with van der Waals surface area (Å²) in [5.41, 5.74) is 1.81. The van der Waals surface area contributed by atoms with E-state index >= 15 is 0 Å². The van der Waals surface area contributed by atoms with E-state index in [0.29, 0.717) is 17.3 Å². The van der Waals surface area contributed by atoms with E-state index < -0.39 is 0 Å². The van der Waals surface area contributed by atoms with Gasteiger partial charge in [0.2, 0.25) is 5.91 Å². The van der Waals surface area contributed by atoms with Gasteiger partial charge < -0.3 is 10.1 Å². The van der Waals surface area contributed by atoms with Crippen LogP contribution >= 0.6 is 27.7 Å². The SMILES string of the molecule is CC(=O)NC1=NC(=O)/C(=C/c2cc(Br)ccc2OCc2ccccc2)S1. The molecule has 2 aromatic rings. The van der Waals surface area contributed by atoms with Crippen molar-refractivity contribution in [2.24, 2.45) is 4.99 Å². The zero-order chi connectivity index (χ0) is 18.5. The number of ether oxygens (including phenoxy) is 1. The lowest BCUT2D eigenvalue weighted by molar-refractivity contribution is -0.117. The van der Waals surface area contributed by atoms with E-state index in [4.69, 9.17) is 4.74 Å². The Morgan fingerprint density at radius 2 is 2.04 bits per heavy atom. The third-order valence-corrected chi connectivity index (χ3v) is 4.79. The van der Waals surface area contributed by atoms with Crippen LogP contribution in [0, 0.1) is 0 Å². The molecular formula is C19H15BrN2O3S. The highest BCUT2D eigenvalue weighted by Crippen LogP contribution is 2.32. The van der Waals surface area contributed by atoms with E-state index in [9.17, 15) is 9.59 Å². The Morgan fingerprint density at radius 1 is 1.27 bits per heavy atom. The molecule has 0 saturated heterocycles. The lowest BCUT2D eigenvalue weighted by atomic mass is 10.2. The second-order valence-electron chi connectivity index (χ2n) is 5.47. The normalized spacial score (nSPS) is 15.1. The predicted molar refractivity (Wildman–Crippen MR) is 107 cm³/mol. The predicted octanol–water partition coefficient (Wildman–Crippen LogP) is 4.13. The number of thioether (sulfide) groups is 1. The first-order valence-electron chi connectivity index (χ1n) is 7.78. The molecule has 7 heteroatoms. The summed E-state index contributed by atoms with van der Waals surface area (Å²) in [6.07, 6.45) is 1.72. The summed E-state index contributed by atoms with van der Waals surface area (Å²) in [6, 6.07) is 15.4. The van der Waals surface area contributed by atoms with E-state index in [2.05, 4.69) is 26.2 Å². The highest BCUT2D eigenvalue weighted by atomic mass is 79.9. The van der Waals surface area contributed by atoms with Crippen LogP contribution in [0.3, 0.4) is 0 Å². The van der Waals surface area contributed by atoms with E-state index in [-0.39, 0.29) is 17.0 Å². The second-order valence-corrected chi connectivity index (χ2v) is 7.42. The van der Waals surface area contributed by atoms with Gasteiger partial charge in [0.25, 0.3) is 5.91 Å². The molecule has 3 rings (SSSR count). The number of benzene rings is 2. The fraction of sp³-hybridized carbons (Fsp3) is 0.105. The molecule has 0 spiro atoms. The highest BCUT2D eigenvalue weighted by Gasteiger charge is 2.23. The maximum atomic E-state index is 12.1. The molecule has 1 aliphatic heterocycles. The van der Waals surface area contributed by atoms with Gasteiger partial charge in [-0.25, -0.2) is 0 Å². The van der Waals surface area contributed by atoms with Crippen LogP contribution in [0.5, 0.6) is 5.75 Å². The Morgan fingerprint density at radius 3 is 2.77 bits per heavy atom. The van der Waals surface area contributed by atoms with Gasteiger partial charge >= 0.3 is 0 Å². The van der Waals surface area contributed by atoms with Crippen LogP contribution in [0.25, 0.3) is 6.08 Å². The molecule has 0 aliphatic carbocycles. The zero-order valence-electron chi connectivity index (χ0n) is 13.9. The third kappa shape index (κ3) is 4.83. The topological polar surface area (TPSA) is 67.8 Å². The molecule has 0 atom stereocenters. The van der Waals surface area contributed by atoms with Crippen LogP contribution < -0.4 is 10.1 Å². The number of aliphatic imine (C=N–C) groups is 1. The second kappa shape index (κ2) is 8.33. The molecule has 0 radical (unpaired) electrons. The minimum absolute atomic E-state index is 0.264. The summed E-state index contributed by atoms with van der Waals surface area (Å²) >= 11 is 4.57. The maximum Gasteiger partial charge on any atom is 0.286 e. The monoisotopic (exact) mass is 430 g/mol. The number of carbonyl (C=O) groups excluding carboxylic acids is 2. The average Bonchev–Trinajstić information content (AvgIpc) is 2.93. The van der Waals surface area contributed by atoms with Gasteiger partial charge in [0.05, 0.1) is 4.91 Å². The van der Waals surface area contributed by atoms with Gasteiger partial charge in [-0.1, -0.05) is 46.3 Å². The molecule has 5 nitrogen and oxygen atoms in total.